The van der Waals surface area contributed by atoms with Crippen LogP contribution in [0, 0.1) is 5.82 Å². The molecular formula is C14H10Cl2F4N2O2S. The van der Waals surface area contributed by atoms with Crippen LogP contribution in [0.5, 0.6) is 0 Å². The Bertz CT molecular complexity index is 824. The fourth-order valence-electron chi connectivity index (χ4n) is 2.11. The number of carboxylic acids is 1. The largest absolute Gasteiger partial charge is 0.481 e. The number of benzene rings is 1. The van der Waals surface area contributed by atoms with Gasteiger partial charge in [0.2, 0.25) is 0 Å². The zero-order chi connectivity index (χ0) is 18.9. The van der Waals surface area contributed by atoms with Crippen molar-refractivity contribution < 1.29 is 27.5 Å². The van der Waals surface area contributed by atoms with Gasteiger partial charge >= 0.3 is 12.1 Å². The van der Waals surface area contributed by atoms with Gasteiger partial charge in [0.15, 0.2) is 5.69 Å². The van der Waals surface area contributed by atoms with Crippen molar-refractivity contribution in [1.82, 2.24) is 9.78 Å². The molecule has 25 heavy (non-hydrogen) atoms. The number of thioether (sulfide) groups is 1. The quantitative estimate of drug-likeness (QED) is 0.706. The number of halogens is 6. The molecule has 4 nitrogen and oxygen atoms in total. The molecule has 1 aromatic carbocycles. The van der Waals surface area contributed by atoms with E-state index in [1.807, 2.05) is 0 Å². The van der Waals surface area contributed by atoms with Crippen molar-refractivity contribution in [2.24, 2.45) is 7.05 Å². The minimum atomic E-state index is -4.75. The summed E-state index contributed by atoms with van der Waals surface area (Å²) in [5.74, 6) is -1.99. The Labute approximate surface area is 153 Å². The summed E-state index contributed by atoms with van der Waals surface area (Å²) >= 11 is 12.7. The Kier molecular flexibility index (Phi) is 5.90. The first-order valence-electron chi connectivity index (χ1n) is 6.60. The molecule has 1 heterocycles. The molecule has 0 saturated heterocycles. The Hall–Kier alpha value is -1.45. The maximum atomic E-state index is 14.2. The van der Waals surface area contributed by atoms with Crippen LogP contribution in [0.25, 0.3) is 11.3 Å². The number of aromatic nitrogens is 2. The maximum absolute atomic E-state index is 14.2. The zero-order valence-corrected chi connectivity index (χ0v) is 14.8. The Morgan fingerprint density at radius 2 is 2.00 bits per heavy atom. The molecule has 0 aliphatic heterocycles. The van der Waals surface area contributed by atoms with Crippen molar-refractivity contribution in [2.45, 2.75) is 11.9 Å². The SMILES string of the molecule is Cn1nc(-c2cc(CSCC(=O)O)c(Cl)cc2F)c(Cl)c1C(F)(F)F. The molecule has 0 atom stereocenters. The van der Waals surface area contributed by atoms with Crippen molar-refractivity contribution in [3.63, 3.8) is 0 Å². The molecule has 136 valence electrons. The van der Waals surface area contributed by atoms with Crippen molar-refractivity contribution in [2.75, 3.05) is 5.75 Å². The summed E-state index contributed by atoms with van der Waals surface area (Å²) in [6.07, 6.45) is -4.75. The molecule has 0 spiro atoms. The molecule has 2 rings (SSSR count). The monoisotopic (exact) mass is 416 g/mol. The molecule has 0 unspecified atom stereocenters. The minimum Gasteiger partial charge on any atom is -0.481 e. The lowest BCUT2D eigenvalue weighted by Gasteiger charge is -2.08. The highest BCUT2D eigenvalue weighted by Crippen LogP contribution is 2.41. The molecule has 0 aliphatic rings. The number of nitrogens with zero attached hydrogens (tertiary/aromatic N) is 2. The summed E-state index contributed by atoms with van der Waals surface area (Å²) < 4.78 is 53.8. The smallest absolute Gasteiger partial charge is 0.434 e. The van der Waals surface area contributed by atoms with Crippen LogP contribution in [0.1, 0.15) is 11.3 Å². The molecule has 0 saturated carbocycles. The summed E-state index contributed by atoms with van der Waals surface area (Å²) in [4.78, 5) is 10.5. The Morgan fingerprint density at radius 3 is 2.52 bits per heavy atom. The molecule has 2 aromatic rings. The molecule has 0 amide bonds. The predicted molar refractivity (Wildman–Crippen MR) is 87.4 cm³/mol. The standard InChI is InChI=1S/C14H10Cl2F4N2O2S/c1-22-13(14(18,19)20)11(16)12(21-22)7-2-6(4-25-5-10(23)24)8(15)3-9(7)17/h2-3H,4-5H2,1H3,(H,23,24). The van der Waals surface area contributed by atoms with Gasteiger partial charge in [0.05, 0.1) is 10.8 Å². The third-order valence-electron chi connectivity index (χ3n) is 3.13. The van der Waals surface area contributed by atoms with E-state index in [4.69, 9.17) is 28.3 Å². The van der Waals surface area contributed by atoms with Crippen LogP contribution < -0.4 is 0 Å². The number of carbonyl (C=O) groups is 1. The van der Waals surface area contributed by atoms with Gasteiger partial charge in [-0.3, -0.25) is 9.48 Å². The molecule has 0 aliphatic carbocycles. The van der Waals surface area contributed by atoms with E-state index >= 15 is 0 Å². The predicted octanol–water partition coefficient (Wildman–Crippen LogP) is 4.87. The molecule has 0 bridgehead atoms. The summed E-state index contributed by atoms with van der Waals surface area (Å²) in [7, 11) is 1.05. The first-order chi connectivity index (χ1) is 11.5. The highest BCUT2D eigenvalue weighted by Gasteiger charge is 2.39. The van der Waals surface area contributed by atoms with E-state index in [1.54, 1.807) is 0 Å². The van der Waals surface area contributed by atoms with Crippen LogP contribution in [0.4, 0.5) is 17.6 Å². The van der Waals surface area contributed by atoms with Gasteiger partial charge in [0.25, 0.3) is 0 Å². The second kappa shape index (κ2) is 7.43. The fourth-order valence-corrected chi connectivity index (χ4v) is 3.51. The highest BCUT2D eigenvalue weighted by atomic mass is 35.5. The normalized spacial score (nSPS) is 11.8. The van der Waals surface area contributed by atoms with Gasteiger partial charge < -0.3 is 5.11 Å². The number of aliphatic carboxylic acids is 1. The lowest BCUT2D eigenvalue weighted by Crippen LogP contribution is -2.12. The fraction of sp³-hybridized carbons (Fsp3) is 0.286. The topological polar surface area (TPSA) is 55.1 Å². The van der Waals surface area contributed by atoms with Crippen molar-refractivity contribution in [1.29, 1.82) is 0 Å². The van der Waals surface area contributed by atoms with E-state index in [0.717, 1.165) is 24.9 Å². The van der Waals surface area contributed by atoms with Crippen molar-refractivity contribution in [3.8, 4) is 11.3 Å². The summed E-state index contributed by atoms with van der Waals surface area (Å²) in [5.41, 5.74) is -1.44. The van der Waals surface area contributed by atoms with Crippen molar-refractivity contribution >= 4 is 40.9 Å². The maximum Gasteiger partial charge on any atom is 0.434 e. The second-order valence-corrected chi connectivity index (χ2v) is 6.71. The van der Waals surface area contributed by atoms with Crippen LogP contribution in [0.3, 0.4) is 0 Å². The van der Waals surface area contributed by atoms with E-state index in [0.29, 0.717) is 10.2 Å². The first-order valence-corrected chi connectivity index (χ1v) is 8.51. The third kappa shape index (κ3) is 4.39. The number of alkyl halides is 3. The Balaban J connectivity index is 2.48. The molecule has 1 aromatic heterocycles. The first kappa shape index (κ1) is 19.9. The van der Waals surface area contributed by atoms with Crippen molar-refractivity contribution in [3.05, 3.63) is 39.3 Å². The van der Waals surface area contributed by atoms with E-state index in [-0.39, 0.29) is 27.8 Å². The van der Waals surface area contributed by atoms with E-state index < -0.39 is 28.7 Å². The van der Waals surface area contributed by atoms with Crippen LogP contribution in [0.2, 0.25) is 10.0 Å². The van der Waals surface area contributed by atoms with E-state index in [9.17, 15) is 22.4 Å². The summed E-state index contributed by atoms with van der Waals surface area (Å²) in [6, 6.07) is 2.16. The summed E-state index contributed by atoms with van der Waals surface area (Å²) in [6.45, 7) is 0. The molecule has 0 fully saturated rings. The van der Waals surface area contributed by atoms with Gasteiger partial charge in [-0.05, 0) is 17.7 Å². The van der Waals surface area contributed by atoms with Gasteiger partial charge in [-0.2, -0.15) is 18.3 Å². The molecular weight excluding hydrogens is 407 g/mol. The van der Waals surface area contributed by atoms with Gasteiger partial charge in [-0.25, -0.2) is 4.39 Å². The second-order valence-electron chi connectivity index (χ2n) is 4.94. The summed E-state index contributed by atoms with van der Waals surface area (Å²) in [5, 5.41) is 11.6. The van der Waals surface area contributed by atoms with Crippen LogP contribution >= 0.6 is 35.0 Å². The third-order valence-corrected chi connectivity index (χ3v) is 4.81. The highest BCUT2D eigenvalue weighted by molar-refractivity contribution is 7.99. The number of hydrogen-bond acceptors (Lipinski definition) is 3. The lowest BCUT2D eigenvalue weighted by atomic mass is 10.1. The molecule has 0 radical (unpaired) electrons. The van der Waals surface area contributed by atoms with Gasteiger partial charge in [-0.15, -0.1) is 11.8 Å². The van der Waals surface area contributed by atoms with Crippen LogP contribution in [-0.2, 0) is 23.8 Å². The number of hydrogen-bond donors (Lipinski definition) is 1. The average Bonchev–Trinajstić information content (AvgIpc) is 2.75. The van der Waals surface area contributed by atoms with Crippen LogP contribution in [-0.4, -0.2) is 26.6 Å². The minimum absolute atomic E-state index is 0.0298. The molecule has 1 N–H and O–H groups in total. The van der Waals surface area contributed by atoms with Gasteiger partial charge in [0.1, 0.15) is 11.5 Å². The number of aryl methyl sites for hydroxylation is 1. The number of rotatable bonds is 5. The van der Waals surface area contributed by atoms with Gasteiger partial charge in [0, 0.05) is 23.4 Å². The lowest BCUT2D eigenvalue weighted by molar-refractivity contribution is -0.143. The number of carboxylic acid groups (broad SMARTS) is 1. The van der Waals surface area contributed by atoms with E-state index in [1.165, 1.54) is 6.07 Å². The van der Waals surface area contributed by atoms with E-state index in [2.05, 4.69) is 5.10 Å². The average molecular weight is 417 g/mol. The zero-order valence-electron chi connectivity index (χ0n) is 12.5. The molecule has 11 heteroatoms. The van der Waals surface area contributed by atoms with Gasteiger partial charge in [-0.1, -0.05) is 23.2 Å². The Morgan fingerprint density at radius 1 is 1.36 bits per heavy atom. The van der Waals surface area contributed by atoms with Crippen LogP contribution in [0.15, 0.2) is 12.1 Å².